The Morgan fingerprint density at radius 3 is 2.00 bits per heavy atom. The van der Waals surface area contributed by atoms with Crippen LogP contribution in [0.1, 0.15) is 48.0 Å². The van der Waals surface area contributed by atoms with Crippen LogP contribution in [0.25, 0.3) is 0 Å². The van der Waals surface area contributed by atoms with Crippen molar-refractivity contribution < 1.29 is 13.5 Å². The molecular formula is C28H29Cl2F2NO. The van der Waals surface area contributed by atoms with Crippen molar-refractivity contribution in [2.24, 2.45) is 5.92 Å². The highest BCUT2D eigenvalue weighted by Crippen LogP contribution is 2.47. The summed E-state index contributed by atoms with van der Waals surface area (Å²) in [6, 6.07) is 22.0. The predicted octanol–water partition coefficient (Wildman–Crippen LogP) is 7.41. The molecule has 3 unspecified atom stereocenters. The molecule has 2 heterocycles. The summed E-state index contributed by atoms with van der Waals surface area (Å²) in [5.74, 6) is 0.131. The van der Waals surface area contributed by atoms with Gasteiger partial charge < -0.3 is 9.64 Å². The summed E-state index contributed by atoms with van der Waals surface area (Å²) in [5.41, 5.74) is 3.03. The molecule has 3 aromatic rings. The molecule has 2 saturated heterocycles. The number of fused-ring (bicyclic) bond motifs is 2. The Morgan fingerprint density at radius 1 is 0.882 bits per heavy atom. The lowest BCUT2D eigenvalue weighted by Gasteiger charge is -2.43. The summed E-state index contributed by atoms with van der Waals surface area (Å²) in [6.45, 7) is 0.564. The van der Waals surface area contributed by atoms with Crippen molar-refractivity contribution in [2.75, 3.05) is 13.7 Å². The van der Waals surface area contributed by atoms with Gasteiger partial charge >= 0.3 is 0 Å². The first-order valence-electron chi connectivity index (χ1n) is 11.6. The molecule has 0 spiro atoms. The highest BCUT2D eigenvalue weighted by atomic mass is 35.5. The van der Waals surface area contributed by atoms with Gasteiger partial charge in [-0.2, -0.15) is 0 Å². The Morgan fingerprint density at radius 2 is 1.44 bits per heavy atom. The fraction of sp³-hybridized carbons (Fsp3) is 0.357. The second-order valence-electron chi connectivity index (χ2n) is 9.34. The Hall–Kier alpha value is -1.98. The summed E-state index contributed by atoms with van der Waals surface area (Å²) >= 11 is 6.15. The van der Waals surface area contributed by atoms with E-state index in [2.05, 4.69) is 24.1 Å². The second kappa shape index (κ2) is 10.7. The molecule has 2 fully saturated rings. The molecule has 6 heteroatoms. The number of halogens is 4. The van der Waals surface area contributed by atoms with Gasteiger partial charge in [0.1, 0.15) is 17.7 Å². The molecule has 2 nitrogen and oxygen atoms in total. The quantitative estimate of drug-likeness (QED) is 0.347. The fourth-order valence-corrected chi connectivity index (χ4v) is 5.89. The average molecular weight is 504 g/mol. The van der Waals surface area contributed by atoms with E-state index in [4.69, 9.17) is 16.3 Å². The number of piperidine rings is 1. The minimum atomic E-state index is -0.387. The first kappa shape index (κ1) is 25.1. The lowest BCUT2D eigenvalue weighted by molar-refractivity contribution is -0.00339. The lowest BCUT2D eigenvalue weighted by Crippen LogP contribution is -2.47. The SMILES string of the molecule is CN1C2CCC1[C@H](COC(c1ccc(F)cc1)c1ccc(F)cc1)C(c1ccc(Cl)cc1)C2.Cl. The molecule has 0 amide bonds. The minimum absolute atomic E-state index is 0. The molecule has 0 aliphatic carbocycles. The second-order valence-corrected chi connectivity index (χ2v) is 9.77. The molecule has 180 valence electrons. The van der Waals surface area contributed by atoms with Crippen molar-refractivity contribution >= 4 is 24.0 Å². The molecule has 0 saturated carbocycles. The van der Waals surface area contributed by atoms with Gasteiger partial charge in [0.25, 0.3) is 0 Å². The first-order valence-corrected chi connectivity index (χ1v) is 12.0. The van der Waals surface area contributed by atoms with E-state index < -0.39 is 0 Å². The largest absolute Gasteiger partial charge is 0.368 e. The maximum Gasteiger partial charge on any atom is 0.123 e. The molecule has 34 heavy (non-hydrogen) atoms. The van der Waals surface area contributed by atoms with Gasteiger partial charge in [-0.1, -0.05) is 48.0 Å². The van der Waals surface area contributed by atoms with Crippen LogP contribution in [0.15, 0.2) is 72.8 Å². The van der Waals surface area contributed by atoms with Gasteiger partial charge in [-0.05, 0) is 85.3 Å². The van der Waals surface area contributed by atoms with E-state index in [1.807, 2.05) is 12.1 Å². The zero-order valence-electron chi connectivity index (χ0n) is 19.0. The maximum atomic E-state index is 13.6. The topological polar surface area (TPSA) is 12.5 Å². The van der Waals surface area contributed by atoms with Crippen LogP contribution < -0.4 is 0 Å². The molecular weight excluding hydrogens is 475 g/mol. The summed E-state index contributed by atoms with van der Waals surface area (Å²) in [5, 5.41) is 0.745. The van der Waals surface area contributed by atoms with Gasteiger partial charge in [0.2, 0.25) is 0 Å². The molecule has 0 aromatic heterocycles. The molecule has 4 atom stereocenters. The molecule has 0 radical (unpaired) electrons. The maximum absolute atomic E-state index is 13.6. The van der Waals surface area contributed by atoms with E-state index in [0.717, 1.165) is 29.0 Å². The van der Waals surface area contributed by atoms with Crippen LogP contribution in [0, 0.1) is 17.6 Å². The van der Waals surface area contributed by atoms with E-state index in [-0.39, 0.29) is 30.1 Å². The molecule has 0 N–H and O–H groups in total. The smallest absolute Gasteiger partial charge is 0.123 e. The monoisotopic (exact) mass is 503 g/mol. The van der Waals surface area contributed by atoms with Crippen molar-refractivity contribution in [1.29, 1.82) is 0 Å². The lowest BCUT2D eigenvalue weighted by atomic mass is 9.76. The zero-order chi connectivity index (χ0) is 22.9. The van der Waals surface area contributed by atoms with Crippen LogP contribution in [-0.4, -0.2) is 30.6 Å². The normalized spacial score (nSPS) is 24.3. The number of ether oxygens (including phenoxy) is 1. The van der Waals surface area contributed by atoms with Gasteiger partial charge in [-0.3, -0.25) is 0 Å². The van der Waals surface area contributed by atoms with Crippen molar-refractivity contribution in [3.63, 3.8) is 0 Å². The van der Waals surface area contributed by atoms with Crippen molar-refractivity contribution in [3.05, 3.63) is 106 Å². The molecule has 2 bridgehead atoms. The van der Waals surface area contributed by atoms with Gasteiger partial charge in [0.15, 0.2) is 0 Å². The third kappa shape index (κ3) is 5.16. The van der Waals surface area contributed by atoms with E-state index in [0.29, 0.717) is 30.5 Å². The predicted molar refractivity (Wildman–Crippen MR) is 135 cm³/mol. The van der Waals surface area contributed by atoms with Crippen LogP contribution in [-0.2, 0) is 4.74 Å². The van der Waals surface area contributed by atoms with Gasteiger partial charge in [-0.25, -0.2) is 8.78 Å². The molecule has 3 aromatic carbocycles. The van der Waals surface area contributed by atoms with Crippen molar-refractivity contribution in [1.82, 2.24) is 4.90 Å². The first-order chi connectivity index (χ1) is 16.0. The summed E-state index contributed by atoms with van der Waals surface area (Å²) in [4.78, 5) is 2.52. The minimum Gasteiger partial charge on any atom is -0.368 e. The fourth-order valence-electron chi connectivity index (χ4n) is 5.77. The van der Waals surface area contributed by atoms with E-state index in [9.17, 15) is 8.78 Å². The Balaban J connectivity index is 0.00000274. The van der Waals surface area contributed by atoms with Gasteiger partial charge in [0.05, 0.1) is 6.61 Å². The van der Waals surface area contributed by atoms with E-state index >= 15 is 0 Å². The van der Waals surface area contributed by atoms with Crippen LogP contribution in [0.4, 0.5) is 8.78 Å². The Kier molecular flexibility index (Phi) is 7.94. The average Bonchev–Trinajstić information content (AvgIpc) is 3.06. The number of hydrogen-bond donors (Lipinski definition) is 0. The number of rotatable bonds is 6. The highest BCUT2D eigenvalue weighted by molar-refractivity contribution is 6.30. The van der Waals surface area contributed by atoms with Gasteiger partial charge in [0, 0.05) is 23.0 Å². The van der Waals surface area contributed by atoms with Crippen LogP contribution in [0.3, 0.4) is 0 Å². The number of nitrogens with zero attached hydrogens (tertiary/aromatic N) is 1. The third-order valence-corrected chi connectivity index (χ3v) is 7.78. The summed E-state index contributed by atoms with van der Waals surface area (Å²) < 4.78 is 33.8. The standard InChI is InChI=1S/C28H28ClF2NO.ClH/c1-32-24-14-15-27(32)26(25(16-24)18-2-8-21(29)9-3-18)17-33-28(19-4-10-22(30)11-5-19)20-6-12-23(31)13-7-20;/h2-13,24-28H,14-17H2,1H3;1H/t24?,25?,26-,27?;/m1./s1. The molecule has 5 rings (SSSR count). The van der Waals surface area contributed by atoms with Crippen LogP contribution in [0.2, 0.25) is 5.02 Å². The number of benzene rings is 3. The van der Waals surface area contributed by atoms with Crippen molar-refractivity contribution in [3.8, 4) is 0 Å². The molecule has 2 aliphatic rings. The third-order valence-electron chi connectivity index (χ3n) is 7.53. The van der Waals surface area contributed by atoms with E-state index in [1.165, 1.54) is 36.2 Å². The summed E-state index contributed by atoms with van der Waals surface area (Å²) in [6.07, 6.45) is 3.08. The number of hydrogen-bond acceptors (Lipinski definition) is 2. The van der Waals surface area contributed by atoms with Crippen LogP contribution >= 0.6 is 24.0 Å². The zero-order valence-corrected chi connectivity index (χ0v) is 20.6. The van der Waals surface area contributed by atoms with Gasteiger partial charge in [-0.15, -0.1) is 12.4 Å². The molecule has 2 aliphatic heterocycles. The Labute approximate surface area is 211 Å². The van der Waals surface area contributed by atoms with E-state index in [1.54, 1.807) is 24.3 Å². The highest BCUT2D eigenvalue weighted by Gasteiger charge is 2.46. The van der Waals surface area contributed by atoms with Crippen molar-refractivity contribution in [2.45, 2.75) is 43.4 Å². The summed E-state index contributed by atoms with van der Waals surface area (Å²) in [7, 11) is 2.23. The Bertz CT molecular complexity index is 1030. The van der Waals surface area contributed by atoms with Crippen LogP contribution in [0.5, 0.6) is 0 Å².